The van der Waals surface area contributed by atoms with E-state index in [9.17, 15) is 14.7 Å². The summed E-state index contributed by atoms with van der Waals surface area (Å²) in [6, 6.07) is 7.67. The van der Waals surface area contributed by atoms with Gasteiger partial charge in [-0.05, 0) is 43.7 Å². The Kier molecular flexibility index (Phi) is 7.90. The molecule has 2 heterocycles. The molecule has 1 aromatic carbocycles. The van der Waals surface area contributed by atoms with Crippen LogP contribution in [0.5, 0.6) is 0 Å². The van der Waals surface area contributed by atoms with Gasteiger partial charge in [0.15, 0.2) is 5.82 Å². The van der Waals surface area contributed by atoms with Crippen LogP contribution in [0.1, 0.15) is 50.1 Å². The highest BCUT2D eigenvalue weighted by Gasteiger charge is 2.33. The topological polar surface area (TPSA) is 87.9 Å². The first-order chi connectivity index (χ1) is 14.9. The van der Waals surface area contributed by atoms with Crippen LogP contribution in [0.15, 0.2) is 24.3 Å². The fourth-order valence-corrected chi connectivity index (χ4v) is 4.28. The molecule has 0 bridgehead atoms. The highest BCUT2D eigenvalue weighted by molar-refractivity contribution is 5.95. The number of carboxylic acid groups (broad SMARTS) is 1. The number of hydrogen-bond acceptors (Lipinski definition) is 4. The summed E-state index contributed by atoms with van der Waals surface area (Å²) < 4.78 is 7.18. The SMILES string of the molecule is COCCCCn1c(C(=O)N(CC(C)C)C2CCCN(C(=O)O)C2)nc2ccccc21. The Morgan fingerprint density at radius 3 is 2.77 bits per heavy atom. The number of fused-ring (bicyclic) bond motifs is 1. The number of piperidine rings is 1. The third-order valence-electron chi connectivity index (χ3n) is 5.76. The first-order valence-corrected chi connectivity index (χ1v) is 11.2. The molecule has 1 saturated heterocycles. The number of para-hydroxylation sites is 2. The number of hydrogen-bond donors (Lipinski definition) is 1. The number of carbonyl (C=O) groups excluding carboxylic acids is 1. The van der Waals surface area contributed by atoms with Gasteiger partial charge in [-0.25, -0.2) is 9.78 Å². The van der Waals surface area contributed by atoms with E-state index in [2.05, 4.69) is 13.8 Å². The van der Waals surface area contributed by atoms with Gasteiger partial charge in [-0.3, -0.25) is 4.79 Å². The zero-order valence-corrected chi connectivity index (χ0v) is 18.8. The van der Waals surface area contributed by atoms with Crippen LogP contribution >= 0.6 is 0 Å². The predicted octanol–water partition coefficient (Wildman–Crippen LogP) is 3.70. The van der Waals surface area contributed by atoms with Crippen LogP contribution in [0.4, 0.5) is 4.79 Å². The number of aryl methyl sites for hydroxylation is 1. The fourth-order valence-electron chi connectivity index (χ4n) is 4.28. The van der Waals surface area contributed by atoms with E-state index < -0.39 is 6.09 Å². The molecule has 0 spiro atoms. The van der Waals surface area contributed by atoms with Gasteiger partial charge in [0.2, 0.25) is 0 Å². The zero-order chi connectivity index (χ0) is 22.4. The molecule has 170 valence electrons. The smallest absolute Gasteiger partial charge is 0.407 e. The van der Waals surface area contributed by atoms with Gasteiger partial charge in [-0.15, -0.1) is 0 Å². The third-order valence-corrected chi connectivity index (χ3v) is 5.76. The molecule has 1 aliphatic heterocycles. The summed E-state index contributed by atoms with van der Waals surface area (Å²) in [7, 11) is 1.69. The number of benzene rings is 1. The Morgan fingerprint density at radius 2 is 2.06 bits per heavy atom. The minimum atomic E-state index is -0.924. The van der Waals surface area contributed by atoms with Gasteiger partial charge in [0, 0.05) is 45.9 Å². The van der Waals surface area contributed by atoms with Crippen LogP contribution in [-0.4, -0.2) is 75.9 Å². The maximum atomic E-state index is 13.8. The van der Waals surface area contributed by atoms with Gasteiger partial charge in [0.25, 0.3) is 5.91 Å². The number of imidazole rings is 1. The Balaban J connectivity index is 1.92. The number of ether oxygens (including phenoxy) is 1. The number of nitrogens with zero attached hydrogens (tertiary/aromatic N) is 4. The number of methoxy groups -OCH3 is 1. The van der Waals surface area contributed by atoms with Crippen molar-refractivity contribution >= 4 is 23.0 Å². The minimum Gasteiger partial charge on any atom is -0.465 e. The van der Waals surface area contributed by atoms with E-state index in [1.807, 2.05) is 33.7 Å². The molecule has 0 radical (unpaired) electrons. The molecule has 1 aliphatic rings. The summed E-state index contributed by atoms with van der Waals surface area (Å²) in [4.78, 5) is 33.3. The minimum absolute atomic E-state index is 0.117. The second-order valence-electron chi connectivity index (χ2n) is 8.65. The average molecular weight is 431 g/mol. The van der Waals surface area contributed by atoms with Crippen molar-refractivity contribution in [2.75, 3.05) is 33.4 Å². The van der Waals surface area contributed by atoms with E-state index in [0.29, 0.717) is 38.6 Å². The zero-order valence-electron chi connectivity index (χ0n) is 18.8. The molecule has 1 aromatic heterocycles. The van der Waals surface area contributed by atoms with Crippen molar-refractivity contribution in [2.24, 2.45) is 5.92 Å². The summed E-state index contributed by atoms with van der Waals surface area (Å²) in [5, 5.41) is 9.45. The summed E-state index contributed by atoms with van der Waals surface area (Å²) >= 11 is 0. The molecule has 0 saturated carbocycles. The summed E-state index contributed by atoms with van der Waals surface area (Å²) in [5.74, 6) is 0.587. The van der Waals surface area contributed by atoms with Crippen molar-refractivity contribution in [2.45, 2.75) is 52.1 Å². The van der Waals surface area contributed by atoms with E-state index in [0.717, 1.165) is 36.7 Å². The third kappa shape index (κ3) is 5.55. The van der Waals surface area contributed by atoms with Crippen LogP contribution in [0.3, 0.4) is 0 Å². The second kappa shape index (κ2) is 10.6. The van der Waals surface area contributed by atoms with E-state index in [1.54, 1.807) is 7.11 Å². The molecule has 2 amide bonds. The molecule has 1 fully saturated rings. The molecule has 31 heavy (non-hydrogen) atoms. The summed E-state index contributed by atoms with van der Waals surface area (Å²) in [6.07, 6.45) is 2.42. The molecular formula is C23H34N4O4. The normalized spacial score (nSPS) is 16.8. The Hall–Kier alpha value is -2.61. The number of rotatable bonds is 9. The molecular weight excluding hydrogens is 396 g/mol. The monoisotopic (exact) mass is 430 g/mol. The highest BCUT2D eigenvalue weighted by Crippen LogP contribution is 2.23. The van der Waals surface area contributed by atoms with Gasteiger partial charge >= 0.3 is 6.09 Å². The lowest BCUT2D eigenvalue weighted by molar-refractivity contribution is 0.0489. The molecule has 8 heteroatoms. The lowest BCUT2D eigenvalue weighted by Gasteiger charge is -2.39. The molecule has 2 aromatic rings. The van der Waals surface area contributed by atoms with E-state index in [4.69, 9.17) is 9.72 Å². The maximum absolute atomic E-state index is 13.8. The standard InChI is InChI=1S/C23H34N4O4/c1-17(2)15-27(18-9-8-12-25(16-18)23(29)30)22(28)21-24-19-10-4-5-11-20(19)26(21)13-6-7-14-31-3/h4-5,10-11,17-18H,6-9,12-16H2,1-3H3,(H,29,30). The van der Waals surface area contributed by atoms with E-state index in [1.165, 1.54) is 4.90 Å². The van der Waals surface area contributed by atoms with Crippen LogP contribution in [-0.2, 0) is 11.3 Å². The average Bonchev–Trinajstić information content (AvgIpc) is 3.13. The van der Waals surface area contributed by atoms with Crippen LogP contribution < -0.4 is 0 Å². The number of amides is 2. The van der Waals surface area contributed by atoms with Crippen LogP contribution in [0.25, 0.3) is 11.0 Å². The Morgan fingerprint density at radius 1 is 1.29 bits per heavy atom. The van der Waals surface area contributed by atoms with E-state index >= 15 is 0 Å². The van der Waals surface area contributed by atoms with Crippen molar-refractivity contribution in [3.05, 3.63) is 30.1 Å². The molecule has 1 unspecified atom stereocenters. The van der Waals surface area contributed by atoms with Crippen molar-refractivity contribution in [3.8, 4) is 0 Å². The van der Waals surface area contributed by atoms with Gasteiger partial charge in [0.1, 0.15) is 0 Å². The quantitative estimate of drug-likeness (QED) is 0.613. The van der Waals surface area contributed by atoms with Gasteiger partial charge < -0.3 is 24.2 Å². The number of unbranched alkanes of at least 4 members (excludes halogenated alkanes) is 1. The Labute approximate surface area is 183 Å². The molecule has 1 atom stereocenters. The van der Waals surface area contributed by atoms with Crippen molar-refractivity contribution in [3.63, 3.8) is 0 Å². The summed E-state index contributed by atoms with van der Waals surface area (Å²) in [6.45, 7) is 6.96. The van der Waals surface area contributed by atoms with E-state index in [-0.39, 0.29) is 17.9 Å². The predicted molar refractivity (Wildman–Crippen MR) is 119 cm³/mol. The highest BCUT2D eigenvalue weighted by atomic mass is 16.5. The largest absolute Gasteiger partial charge is 0.465 e. The summed E-state index contributed by atoms with van der Waals surface area (Å²) in [5.41, 5.74) is 1.75. The molecule has 8 nitrogen and oxygen atoms in total. The number of likely N-dealkylation sites (tertiary alicyclic amines) is 1. The van der Waals surface area contributed by atoms with Crippen molar-refractivity contribution < 1.29 is 19.4 Å². The Bertz CT molecular complexity index is 895. The van der Waals surface area contributed by atoms with Gasteiger partial charge in [0.05, 0.1) is 11.0 Å². The van der Waals surface area contributed by atoms with Gasteiger partial charge in [-0.1, -0.05) is 26.0 Å². The van der Waals surface area contributed by atoms with Crippen molar-refractivity contribution in [1.82, 2.24) is 19.4 Å². The number of carbonyl (C=O) groups is 2. The second-order valence-corrected chi connectivity index (χ2v) is 8.65. The first-order valence-electron chi connectivity index (χ1n) is 11.2. The van der Waals surface area contributed by atoms with Crippen LogP contribution in [0, 0.1) is 5.92 Å². The lowest BCUT2D eigenvalue weighted by atomic mass is 10.0. The molecule has 3 rings (SSSR count). The molecule has 1 N–H and O–H groups in total. The fraction of sp³-hybridized carbons (Fsp3) is 0.609. The maximum Gasteiger partial charge on any atom is 0.407 e. The lowest BCUT2D eigenvalue weighted by Crippen LogP contribution is -2.52. The first kappa shape index (κ1) is 23.1. The molecule has 0 aliphatic carbocycles. The van der Waals surface area contributed by atoms with Crippen LogP contribution in [0.2, 0.25) is 0 Å². The number of aromatic nitrogens is 2. The van der Waals surface area contributed by atoms with Crippen molar-refractivity contribution in [1.29, 1.82) is 0 Å². The van der Waals surface area contributed by atoms with Gasteiger partial charge in [-0.2, -0.15) is 0 Å².